The van der Waals surface area contributed by atoms with Gasteiger partial charge in [0.1, 0.15) is 0 Å². The number of nitrogens with one attached hydrogen (secondary N) is 1. The molecule has 1 heterocycles. The Morgan fingerprint density at radius 1 is 1.75 bits per heavy atom. The summed E-state index contributed by atoms with van der Waals surface area (Å²) >= 11 is 0. The van der Waals surface area contributed by atoms with Crippen LogP contribution in [0.4, 0.5) is 0 Å². The molecule has 0 aromatic heterocycles. The quantitative estimate of drug-likeness (QED) is 0.455. The minimum Gasteiger partial charge on any atom is -0.412 e. The lowest BCUT2D eigenvalue weighted by molar-refractivity contribution is -0.119. The maximum Gasteiger partial charge on any atom is 0.220 e. The molecule has 0 aliphatic carbocycles. The highest BCUT2D eigenvalue weighted by atomic mass is 16.1. The van der Waals surface area contributed by atoms with Crippen LogP contribution in [-0.2, 0) is 4.79 Å². The van der Waals surface area contributed by atoms with Gasteiger partial charge in [0.2, 0.25) is 5.91 Å². The van der Waals surface area contributed by atoms with E-state index in [-0.39, 0.29) is 11.4 Å². The largest absolute Gasteiger partial charge is 0.412 e. The van der Waals surface area contributed by atoms with Gasteiger partial charge in [-0.05, 0) is 13.3 Å². The third kappa shape index (κ3) is 1.50. The summed E-state index contributed by atoms with van der Waals surface area (Å²) in [7, 11) is 0. The molecule has 3 heteroatoms. The second-order valence-electron chi connectivity index (χ2n) is 2.01. The molecular weight excluding hydrogens is 106 g/mol. The Bertz CT molecular complexity index is 92.4. The zero-order valence-electron chi connectivity index (χ0n) is 4.90. The fourth-order valence-corrected chi connectivity index (χ4v) is 0.767. The highest BCUT2D eigenvalue weighted by Crippen LogP contribution is 2.03. The monoisotopic (exact) mass is 117 g/mol. The molecule has 0 radical (unpaired) electrons. The molecule has 3 nitrogen and oxygen atoms in total. The first-order valence-electron chi connectivity index (χ1n) is 2.58. The van der Waals surface area contributed by atoms with Crippen molar-refractivity contribution in [3.05, 3.63) is 0 Å². The molecule has 0 spiro atoms. The minimum atomic E-state index is 0. The first kappa shape index (κ1) is 7.43. The summed E-state index contributed by atoms with van der Waals surface area (Å²) in [5, 5.41) is 2.78. The van der Waals surface area contributed by atoms with Gasteiger partial charge in [-0.25, -0.2) is 0 Å². The van der Waals surface area contributed by atoms with Crippen molar-refractivity contribution in [2.45, 2.75) is 25.8 Å². The van der Waals surface area contributed by atoms with Crippen molar-refractivity contribution in [3.63, 3.8) is 0 Å². The molecule has 1 rings (SSSR count). The van der Waals surface area contributed by atoms with Crippen molar-refractivity contribution >= 4 is 5.91 Å². The number of hydrogen-bond donors (Lipinski definition) is 1. The second kappa shape index (κ2) is 2.67. The van der Waals surface area contributed by atoms with Crippen molar-refractivity contribution in [2.75, 3.05) is 0 Å². The average molecular weight is 117 g/mol. The van der Waals surface area contributed by atoms with Gasteiger partial charge in [-0.15, -0.1) is 0 Å². The normalized spacial score (nSPS) is 26.6. The van der Waals surface area contributed by atoms with Crippen molar-refractivity contribution in [2.24, 2.45) is 0 Å². The second-order valence-corrected chi connectivity index (χ2v) is 2.01. The van der Waals surface area contributed by atoms with Crippen LogP contribution in [0.1, 0.15) is 19.8 Å². The Kier molecular flexibility index (Phi) is 2.48. The van der Waals surface area contributed by atoms with Gasteiger partial charge in [-0.2, -0.15) is 0 Å². The highest BCUT2D eigenvalue weighted by molar-refractivity contribution is 5.78. The molecule has 8 heavy (non-hydrogen) atoms. The van der Waals surface area contributed by atoms with Crippen LogP contribution in [0.3, 0.4) is 0 Å². The van der Waals surface area contributed by atoms with E-state index in [1.54, 1.807) is 0 Å². The number of carbonyl (C=O) groups excluding carboxylic acids is 1. The van der Waals surface area contributed by atoms with Crippen molar-refractivity contribution < 1.29 is 10.3 Å². The van der Waals surface area contributed by atoms with Crippen LogP contribution in [-0.4, -0.2) is 17.4 Å². The van der Waals surface area contributed by atoms with E-state index in [9.17, 15) is 4.79 Å². The maximum absolute atomic E-state index is 10.3. The van der Waals surface area contributed by atoms with E-state index >= 15 is 0 Å². The molecular formula is C5H11NO2. The summed E-state index contributed by atoms with van der Waals surface area (Å²) in [6, 6.07) is 0.424. The fourth-order valence-electron chi connectivity index (χ4n) is 0.767. The molecule has 1 unspecified atom stereocenters. The molecule has 0 bridgehead atoms. The van der Waals surface area contributed by atoms with Crippen molar-refractivity contribution in [1.82, 2.24) is 5.32 Å². The SMILES string of the molecule is CC1CCC(=O)N1.O. The van der Waals surface area contributed by atoms with Gasteiger partial charge < -0.3 is 10.8 Å². The molecule has 1 atom stereocenters. The van der Waals surface area contributed by atoms with E-state index in [0.717, 1.165) is 12.8 Å². The van der Waals surface area contributed by atoms with Crippen LogP contribution < -0.4 is 5.32 Å². The van der Waals surface area contributed by atoms with Gasteiger partial charge >= 0.3 is 0 Å². The lowest BCUT2D eigenvalue weighted by Gasteiger charge is -1.95. The maximum atomic E-state index is 10.3. The summed E-state index contributed by atoms with van der Waals surface area (Å²) in [5.74, 6) is 0.201. The van der Waals surface area contributed by atoms with Gasteiger partial charge in [-0.3, -0.25) is 4.79 Å². The first-order chi connectivity index (χ1) is 3.29. The number of hydrogen-bond acceptors (Lipinski definition) is 1. The van der Waals surface area contributed by atoms with Crippen LogP contribution in [0.15, 0.2) is 0 Å². The molecule has 3 N–H and O–H groups in total. The van der Waals surface area contributed by atoms with Crippen molar-refractivity contribution in [1.29, 1.82) is 0 Å². The zero-order chi connectivity index (χ0) is 5.28. The van der Waals surface area contributed by atoms with Gasteiger partial charge in [0.05, 0.1) is 0 Å². The van der Waals surface area contributed by atoms with Crippen LogP contribution in [0, 0.1) is 0 Å². The lowest BCUT2D eigenvalue weighted by Crippen LogP contribution is -2.21. The Balaban J connectivity index is 0.000000490. The summed E-state index contributed by atoms with van der Waals surface area (Å²) in [6.07, 6.45) is 1.74. The van der Waals surface area contributed by atoms with Crippen LogP contribution in [0.5, 0.6) is 0 Å². The van der Waals surface area contributed by atoms with E-state index in [4.69, 9.17) is 0 Å². The Morgan fingerprint density at radius 2 is 2.38 bits per heavy atom. The van der Waals surface area contributed by atoms with Crippen molar-refractivity contribution in [3.8, 4) is 0 Å². The van der Waals surface area contributed by atoms with Gasteiger partial charge in [-0.1, -0.05) is 0 Å². The molecule has 1 amide bonds. The number of amides is 1. The summed E-state index contributed by atoms with van der Waals surface area (Å²) in [4.78, 5) is 10.3. The Labute approximate surface area is 48.4 Å². The summed E-state index contributed by atoms with van der Waals surface area (Å²) in [5.41, 5.74) is 0. The molecule has 1 aliphatic rings. The van der Waals surface area contributed by atoms with Crippen LogP contribution in [0.25, 0.3) is 0 Å². The smallest absolute Gasteiger partial charge is 0.220 e. The molecule has 1 aliphatic heterocycles. The fraction of sp³-hybridized carbons (Fsp3) is 0.800. The standard InChI is InChI=1S/C5H9NO.H2O/c1-4-2-3-5(7)6-4;/h4H,2-3H2,1H3,(H,6,7);1H2. The molecule has 1 saturated heterocycles. The average Bonchev–Trinajstić information content (AvgIpc) is 1.87. The molecule has 0 aromatic rings. The number of carbonyl (C=O) groups is 1. The van der Waals surface area contributed by atoms with E-state index in [0.29, 0.717) is 6.04 Å². The van der Waals surface area contributed by atoms with E-state index in [1.807, 2.05) is 6.92 Å². The molecule has 0 aromatic carbocycles. The Hall–Kier alpha value is -0.570. The minimum absolute atomic E-state index is 0. The van der Waals surface area contributed by atoms with E-state index in [1.165, 1.54) is 0 Å². The van der Waals surface area contributed by atoms with Crippen LogP contribution in [0.2, 0.25) is 0 Å². The summed E-state index contributed by atoms with van der Waals surface area (Å²) < 4.78 is 0. The van der Waals surface area contributed by atoms with E-state index in [2.05, 4.69) is 5.32 Å². The topological polar surface area (TPSA) is 60.6 Å². The third-order valence-electron chi connectivity index (χ3n) is 1.21. The zero-order valence-corrected chi connectivity index (χ0v) is 4.90. The molecule has 48 valence electrons. The van der Waals surface area contributed by atoms with E-state index < -0.39 is 0 Å². The van der Waals surface area contributed by atoms with Gasteiger partial charge in [0.25, 0.3) is 0 Å². The predicted molar refractivity (Wildman–Crippen MR) is 30.5 cm³/mol. The van der Waals surface area contributed by atoms with Crippen LogP contribution >= 0.6 is 0 Å². The third-order valence-corrected chi connectivity index (χ3v) is 1.21. The Morgan fingerprint density at radius 3 is 2.50 bits per heavy atom. The molecule has 1 fully saturated rings. The van der Waals surface area contributed by atoms with Gasteiger partial charge in [0, 0.05) is 12.5 Å². The first-order valence-corrected chi connectivity index (χ1v) is 2.58. The predicted octanol–water partition coefficient (Wildman–Crippen LogP) is -0.540. The lowest BCUT2D eigenvalue weighted by atomic mass is 10.3. The summed E-state index contributed by atoms with van der Waals surface area (Å²) in [6.45, 7) is 2.02. The van der Waals surface area contributed by atoms with Gasteiger partial charge in [0.15, 0.2) is 0 Å². The molecule has 0 saturated carbocycles. The number of rotatable bonds is 0. The highest BCUT2D eigenvalue weighted by Gasteiger charge is 2.14.